The Labute approximate surface area is 55.7 Å². The van der Waals surface area contributed by atoms with Crippen molar-refractivity contribution in [3.05, 3.63) is 0 Å². The van der Waals surface area contributed by atoms with Crippen LogP contribution in [-0.4, -0.2) is 6.04 Å². The molecule has 0 aromatic rings. The van der Waals surface area contributed by atoms with E-state index in [4.69, 9.17) is 11.0 Å². The van der Waals surface area contributed by atoms with Gasteiger partial charge in [-0.3, -0.25) is 0 Å². The summed E-state index contributed by atoms with van der Waals surface area (Å²) >= 11 is 0. The Hall–Kier alpha value is -0.550. The molecule has 2 N–H and O–H groups in total. The van der Waals surface area contributed by atoms with E-state index in [1.165, 1.54) is 6.42 Å². The van der Waals surface area contributed by atoms with Gasteiger partial charge in [0.1, 0.15) is 0 Å². The van der Waals surface area contributed by atoms with Gasteiger partial charge in [-0.25, -0.2) is 0 Å². The van der Waals surface area contributed by atoms with Crippen LogP contribution in [0.2, 0.25) is 0 Å². The zero-order valence-corrected chi connectivity index (χ0v) is 5.51. The Bertz CT molecular complexity index is 125. The molecule has 0 aromatic carbocycles. The summed E-state index contributed by atoms with van der Waals surface area (Å²) in [4.78, 5) is 0. The summed E-state index contributed by atoms with van der Waals surface area (Å²) in [5.41, 5.74) is 5.71. The summed E-state index contributed by atoms with van der Waals surface area (Å²) < 4.78 is 0. The predicted octanol–water partition coefficient (Wildman–Crippen LogP) is 1.03. The first-order valence-corrected chi connectivity index (χ1v) is 3.47. The van der Waals surface area contributed by atoms with E-state index in [1.54, 1.807) is 0 Å². The van der Waals surface area contributed by atoms with Gasteiger partial charge in [0.2, 0.25) is 0 Å². The van der Waals surface area contributed by atoms with E-state index in [-0.39, 0.29) is 0 Å². The highest BCUT2D eigenvalue weighted by Crippen LogP contribution is 2.25. The van der Waals surface area contributed by atoms with Gasteiger partial charge >= 0.3 is 0 Å². The molecule has 1 rings (SSSR count). The number of hydrogen-bond donors (Lipinski definition) is 1. The first kappa shape index (κ1) is 6.57. The molecule has 2 atom stereocenters. The van der Waals surface area contributed by atoms with Crippen molar-refractivity contribution in [3.8, 4) is 6.07 Å². The normalized spacial score (nSPS) is 34.2. The topological polar surface area (TPSA) is 49.8 Å². The molecule has 0 saturated heterocycles. The van der Waals surface area contributed by atoms with Crippen LogP contribution >= 0.6 is 0 Å². The standard InChI is InChI=1S/C7H12N2/c8-5-4-6-2-1-3-7(6)9/h6-7H,1-4,9H2. The molecule has 0 bridgehead atoms. The van der Waals surface area contributed by atoms with Gasteiger partial charge in [-0.1, -0.05) is 6.42 Å². The number of hydrogen-bond acceptors (Lipinski definition) is 2. The van der Waals surface area contributed by atoms with E-state index < -0.39 is 0 Å². The number of nitrogens with zero attached hydrogens (tertiary/aromatic N) is 1. The molecule has 2 unspecified atom stereocenters. The minimum Gasteiger partial charge on any atom is -0.327 e. The molecular formula is C7H12N2. The molecule has 50 valence electrons. The van der Waals surface area contributed by atoms with Gasteiger partial charge in [-0.15, -0.1) is 0 Å². The summed E-state index contributed by atoms with van der Waals surface area (Å²) in [6.07, 6.45) is 4.15. The number of nitriles is 1. The molecule has 0 radical (unpaired) electrons. The molecule has 0 amide bonds. The second-order valence-corrected chi connectivity index (χ2v) is 2.72. The summed E-state index contributed by atoms with van der Waals surface area (Å²) in [5, 5.41) is 8.34. The largest absolute Gasteiger partial charge is 0.327 e. The fourth-order valence-electron chi connectivity index (χ4n) is 1.44. The molecule has 0 heterocycles. The molecule has 2 heteroatoms. The lowest BCUT2D eigenvalue weighted by molar-refractivity contribution is 0.491. The van der Waals surface area contributed by atoms with Gasteiger partial charge in [-0.05, 0) is 18.8 Å². The SMILES string of the molecule is N#CCC1CCCC1N. The van der Waals surface area contributed by atoms with Crippen molar-refractivity contribution >= 4 is 0 Å². The second-order valence-electron chi connectivity index (χ2n) is 2.72. The molecule has 9 heavy (non-hydrogen) atoms. The summed E-state index contributed by atoms with van der Waals surface area (Å²) in [5.74, 6) is 0.495. The maximum Gasteiger partial charge on any atom is 0.0625 e. The Morgan fingerprint density at radius 3 is 2.78 bits per heavy atom. The molecule has 1 aliphatic carbocycles. The van der Waals surface area contributed by atoms with Crippen LogP contribution in [0, 0.1) is 17.2 Å². The third-order valence-electron chi connectivity index (χ3n) is 2.07. The van der Waals surface area contributed by atoms with Gasteiger partial charge in [0.05, 0.1) is 6.07 Å². The van der Waals surface area contributed by atoms with Gasteiger partial charge in [0, 0.05) is 12.5 Å². The van der Waals surface area contributed by atoms with Crippen LogP contribution in [0.1, 0.15) is 25.7 Å². The van der Waals surface area contributed by atoms with Gasteiger partial charge in [-0.2, -0.15) is 5.26 Å². The van der Waals surface area contributed by atoms with Crippen LogP contribution in [0.25, 0.3) is 0 Å². The monoisotopic (exact) mass is 124 g/mol. The first-order valence-electron chi connectivity index (χ1n) is 3.47. The van der Waals surface area contributed by atoms with E-state index in [9.17, 15) is 0 Å². The Balaban J connectivity index is 2.33. The number of nitrogens with two attached hydrogens (primary N) is 1. The zero-order chi connectivity index (χ0) is 6.69. The second kappa shape index (κ2) is 2.84. The van der Waals surface area contributed by atoms with E-state index in [1.807, 2.05) is 0 Å². The van der Waals surface area contributed by atoms with Crippen molar-refractivity contribution in [2.45, 2.75) is 31.7 Å². The lowest BCUT2D eigenvalue weighted by Crippen LogP contribution is -2.23. The minimum absolute atomic E-state index is 0.310. The lowest BCUT2D eigenvalue weighted by atomic mass is 10.0. The van der Waals surface area contributed by atoms with E-state index >= 15 is 0 Å². The fourth-order valence-corrected chi connectivity index (χ4v) is 1.44. The van der Waals surface area contributed by atoms with Crippen molar-refractivity contribution in [2.24, 2.45) is 11.7 Å². The summed E-state index contributed by atoms with van der Waals surface area (Å²) in [7, 11) is 0. The Kier molecular flexibility index (Phi) is 2.07. The highest BCUT2D eigenvalue weighted by Gasteiger charge is 2.22. The van der Waals surface area contributed by atoms with Crippen LogP contribution in [0.4, 0.5) is 0 Å². The maximum atomic E-state index is 8.34. The summed E-state index contributed by atoms with van der Waals surface area (Å²) in [6, 6.07) is 2.47. The fraction of sp³-hybridized carbons (Fsp3) is 0.857. The molecule has 0 spiro atoms. The molecule has 1 fully saturated rings. The van der Waals surface area contributed by atoms with Crippen LogP contribution in [0.15, 0.2) is 0 Å². The lowest BCUT2D eigenvalue weighted by Gasteiger charge is -2.09. The van der Waals surface area contributed by atoms with Gasteiger partial charge in [0.25, 0.3) is 0 Å². The van der Waals surface area contributed by atoms with Crippen molar-refractivity contribution in [2.75, 3.05) is 0 Å². The smallest absolute Gasteiger partial charge is 0.0625 e. The van der Waals surface area contributed by atoms with Gasteiger partial charge in [0.15, 0.2) is 0 Å². The Morgan fingerprint density at radius 2 is 2.33 bits per heavy atom. The van der Waals surface area contributed by atoms with Crippen molar-refractivity contribution in [1.82, 2.24) is 0 Å². The highest BCUT2D eigenvalue weighted by molar-refractivity contribution is 4.86. The zero-order valence-electron chi connectivity index (χ0n) is 5.51. The Morgan fingerprint density at radius 1 is 1.56 bits per heavy atom. The van der Waals surface area contributed by atoms with Crippen molar-refractivity contribution < 1.29 is 0 Å². The molecule has 0 aromatic heterocycles. The van der Waals surface area contributed by atoms with Crippen molar-refractivity contribution in [1.29, 1.82) is 5.26 Å². The van der Waals surface area contributed by atoms with E-state index in [0.717, 1.165) is 12.8 Å². The van der Waals surface area contributed by atoms with Gasteiger partial charge < -0.3 is 5.73 Å². The molecule has 2 nitrogen and oxygen atoms in total. The highest BCUT2D eigenvalue weighted by atomic mass is 14.7. The van der Waals surface area contributed by atoms with E-state index in [0.29, 0.717) is 18.4 Å². The van der Waals surface area contributed by atoms with Crippen molar-refractivity contribution in [3.63, 3.8) is 0 Å². The molecule has 1 saturated carbocycles. The minimum atomic E-state index is 0.310. The van der Waals surface area contributed by atoms with Crippen LogP contribution in [-0.2, 0) is 0 Å². The molecule has 0 aliphatic heterocycles. The maximum absolute atomic E-state index is 8.34. The summed E-state index contributed by atoms with van der Waals surface area (Å²) in [6.45, 7) is 0. The van der Waals surface area contributed by atoms with Crippen LogP contribution < -0.4 is 5.73 Å². The average molecular weight is 124 g/mol. The quantitative estimate of drug-likeness (QED) is 0.567. The first-order chi connectivity index (χ1) is 4.34. The molecule has 1 aliphatic rings. The van der Waals surface area contributed by atoms with E-state index in [2.05, 4.69) is 6.07 Å². The molecular weight excluding hydrogens is 112 g/mol. The van der Waals surface area contributed by atoms with Crippen LogP contribution in [0.5, 0.6) is 0 Å². The third kappa shape index (κ3) is 1.43. The number of rotatable bonds is 1. The third-order valence-corrected chi connectivity index (χ3v) is 2.07. The average Bonchev–Trinajstić information content (AvgIpc) is 2.18. The predicted molar refractivity (Wildman–Crippen MR) is 35.5 cm³/mol. The van der Waals surface area contributed by atoms with Crippen LogP contribution in [0.3, 0.4) is 0 Å².